The molecule has 17 heavy (non-hydrogen) atoms. The molecule has 1 aromatic carbocycles. The summed E-state index contributed by atoms with van der Waals surface area (Å²) in [6.07, 6.45) is 4.10. The van der Waals surface area contributed by atoms with Gasteiger partial charge in [0.05, 0.1) is 0 Å². The molecule has 1 aromatic rings. The molecule has 1 saturated carbocycles. The average Bonchev–Trinajstić information content (AvgIpc) is 2.73. The second kappa shape index (κ2) is 5.50. The number of rotatable bonds is 4. The molecule has 1 fully saturated rings. The Balaban J connectivity index is 1.85. The van der Waals surface area contributed by atoms with Gasteiger partial charge < -0.3 is 11.1 Å². The fourth-order valence-corrected chi connectivity index (χ4v) is 2.66. The van der Waals surface area contributed by atoms with Crippen molar-refractivity contribution in [3.05, 3.63) is 29.8 Å². The molecule has 2 nitrogen and oxygen atoms in total. The monoisotopic (exact) mass is 248 g/mol. The fourth-order valence-electron chi connectivity index (χ4n) is 2.52. The summed E-state index contributed by atoms with van der Waals surface area (Å²) in [7, 11) is 0. The zero-order valence-corrected chi connectivity index (χ0v) is 11.1. The number of hydrogen-bond donors (Lipinski definition) is 2. The van der Waals surface area contributed by atoms with Gasteiger partial charge in [-0.25, -0.2) is 0 Å². The summed E-state index contributed by atoms with van der Waals surface area (Å²) in [6, 6.07) is 8.05. The van der Waals surface area contributed by atoms with Gasteiger partial charge in [0.25, 0.3) is 0 Å². The Morgan fingerprint density at radius 1 is 1.35 bits per heavy atom. The van der Waals surface area contributed by atoms with Crippen molar-refractivity contribution in [3.63, 3.8) is 0 Å². The van der Waals surface area contributed by atoms with Gasteiger partial charge in [0.1, 0.15) is 4.99 Å². The first-order chi connectivity index (χ1) is 8.15. The number of nitrogens with two attached hydrogens (primary N) is 1. The summed E-state index contributed by atoms with van der Waals surface area (Å²) in [5.74, 6) is 1.74. The predicted octanol–water partition coefficient (Wildman–Crippen LogP) is 3.17. The third kappa shape index (κ3) is 3.43. The molecular weight excluding hydrogens is 228 g/mol. The third-order valence-electron chi connectivity index (χ3n) is 3.57. The minimum atomic E-state index is 0.459. The van der Waals surface area contributed by atoms with Crippen LogP contribution >= 0.6 is 12.2 Å². The Hall–Kier alpha value is -1.09. The normalized spacial score (nSPS) is 23.6. The van der Waals surface area contributed by atoms with Gasteiger partial charge in [0, 0.05) is 17.8 Å². The van der Waals surface area contributed by atoms with Gasteiger partial charge in [-0.3, -0.25) is 0 Å². The SMILES string of the molecule is CC1CCC(CNc2ccc(C(N)=S)cc2)C1. The summed E-state index contributed by atoms with van der Waals surface area (Å²) in [6.45, 7) is 3.42. The summed E-state index contributed by atoms with van der Waals surface area (Å²) in [5.41, 5.74) is 7.65. The van der Waals surface area contributed by atoms with E-state index in [0.717, 1.165) is 29.6 Å². The highest BCUT2D eigenvalue weighted by Crippen LogP contribution is 2.30. The van der Waals surface area contributed by atoms with Crippen LogP contribution in [0.15, 0.2) is 24.3 Å². The van der Waals surface area contributed by atoms with E-state index in [9.17, 15) is 0 Å². The van der Waals surface area contributed by atoms with Crippen LogP contribution in [0, 0.1) is 11.8 Å². The molecule has 0 radical (unpaired) electrons. The Morgan fingerprint density at radius 3 is 2.59 bits per heavy atom. The van der Waals surface area contributed by atoms with Gasteiger partial charge in [0.2, 0.25) is 0 Å². The Bertz CT molecular complexity index is 386. The van der Waals surface area contributed by atoms with Gasteiger partial charge in [-0.05, 0) is 48.9 Å². The molecule has 2 unspecified atom stereocenters. The lowest BCUT2D eigenvalue weighted by Crippen LogP contribution is -2.12. The van der Waals surface area contributed by atoms with Crippen LogP contribution in [0.3, 0.4) is 0 Å². The van der Waals surface area contributed by atoms with Crippen molar-refractivity contribution >= 4 is 22.9 Å². The smallest absolute Gasteiger partial charge is 0.103 e. The minimum absolute atomic E-state index is 0.459. The molecule has 0 aliphatic heterocycles. The van der Waals surface area contributed by atoms with Gasteiger partial charge in [-0.15, -0.1) is 0 Å². The summed E-state index contributed by atoms with van der Waals surface area (Å²) in [4.78, 5) is 0.459. The molecular formula is C14H20N2S. The molecule has 2 atom stereocenters. The predicted molar refractivity (Wildman–Crippen MR) is 77.3 cm³/mol. The molecule has 0 saturated heterocycles. The molecule has 0 spiro atoms. The number of nitrogens with one attached hydrogen (secondary N) is 1. The minimum Gasteiger partial charge on any atom is -0.389 e. The number of anilines is 1. The van der Waals surface area contributed by atoms with E-state index in [1.807, 2.05) is 24.3 Å². The van der Waals surface area contributed by atoms with Gasteiger partial charge in [0.15, 0.2) is 0 Å². The molecule has 0 aromatic heterocycles. The van der Waals surface area contributed by atoms with Gasteiger partial charge in [-0.2, -0.15) is 0 Å². The van der Waals surface area contributed by atoms with Gasteiger partial charge >= 0.3 is 0 Å². The average molecular weight is 248 g/mol. The van der Waals surface area contributed by atoms with Crippen molar-refractivity contribution < 1.29 is 0 Å². The summed E-state index contributed by atoms with van der Waals surface area (Å²) >= 11 is 4.93. The lowest BCUT2D eigenvalue weighted by Gasteiger charge is -2.12. The first kappa shape index (κ1) is 12.4. The van der Waals surface area contributed by atoms with Crippen LogP contribution in [-0.2, 0) is 0 Å². The van der Waals surface area contributed by atoms with Crippen LogP contribution in [0.2, 0.25) is 0 Å². The number of thiocarbonyl (C=S) groups is 1. The van der Waals surface area contributed by atoms with E-state index in [2.05, 4.69) is 12.2 Å². The molecule has 3 heteroatoms. The van der Waals surface area contributed by atoms with E-state index < -0.39 is 0 Å². The second-order valence-electron chi connectivity index (χ2n) is 5.11. The van der Waals surface area contributed by atoms with Crippen molar-refractivity contribution in [1.29, 1.82) is 0 Å². The Morgan fingerprint density at radius 2 is 2.06 bits per heavy atom. The fraction of sp³-hybridized carbons (Fsp3) is 0.500. The Labute approximate surface area is 109 Å². The summed E-state index contributed by atoms with van der Waals surface area (Å²) < 4.78 is 0. The highest BCUT2D eigenvalue weighted by atomic mass is 32.1. The lowest BCUT2D eigenvalue weighted by molar-refractivity contribution is 0.537. The standard InChI is InChI=1S/C14H20N2S/c1-10-2-3-11(8-10)9-16-13-6-4-12(5-7-13)14(15)17/h4-7,10-11,16H,2-3,8-9H2,1H3,(H2,15,17). The van der Waals surface area contributed by atoms with Crippen molar-refractivity contribution in [3.8, 4) is 0 Å². The van der Waals surface area contributed by atoms with Crippen LogP contribution < -0.4 is 11.1 Å². The number of benzene rings is 1. The zero-order chi connectivity index (χ0) is 12.3. The molecule has 1 aliphatic rings. The van der Waals surface area contributed by atoms with E-state index in [0.29, 0.717) is 4.99 Å². The van der Waals surface area contributed by atoms with E-state index in [1.54, 1.807) is 0 Å². The zero-order valence-electron chi connectivity index (χ0n) is 10.3. The van der Waals surface area contributed by atoms with Crippen LogP contribution in [0.5, 0.6) is 0 Å². The van der Waals surface area contributed by atoms with Crippen LogP contribution in [0.4, 0.5) is 5.69 Å². The maximum absolute atomic E-state index is 5.56. The van der Waals surface area contributed by atoms with E-state index >= 15 is 0 Å². The maximum Gasteiger partial charge on any atom is 0.103 e. The summed E-state index contributed by atoms with van der Waals surface area (Å²) in [5, 5.41) is 3.49. The van der Waals surface area contributed by atoms with Crippen molar-refractivity contribution in [2.75, 3.05) is 11.9 Å². The molecule has 3 N–H and O–H groups in total. The highest BCUT2D eigenvalue weighted by molar-refractivity contribution is 7.80. The van der Waals surface area contributed by atoms with Crippen LogP contribution in [0.25, 0.3) is 0 Å². The molecule has 0 amide bonds. The molecule has 0 heterocycles. The molecule has 1 aliphatic carbocycles. The lowest BCUT2D eigenvalue weighted by atomic mass is 10.1. The Kier molecular flexibility index (Phi) is 4.00. The van der Waals surface area contributed by atoms with Crippen LogP contribution in [0.1, 0.15) is 31.7 Å². The van der Waals surface area contributed by atoms with E-state index in [4.69, 9.17) is 18.0 Å². The number of hydrogen-bond acceptors (Lipinski definition) is 2. The maximum atomic E-state index is 5.56. The molecule has 0 bridgehead atoms. The highest BCUT2D eigenvalue weighted by Gasteiger charge is 2.20. The first-order valence-electron chi connectivity index (χ1n) is 6.29. The van der Waals surface area contributed by atoms with Crippen molar-refractivity contribution in [2.45, 2.75) is 26.2 Å². The van der Waals surface area contributed by atoms with E-state index in [1.165, 1.54) is 19.3 Å². The van der Waals surface area contributed by atoms with Gasteiger partial charge in [-0.1, -0.05) is 25.6 Å². The first-order valence-corrected chi connectivity index (χ1v) is 6.69. The molecule has 2 rings (SSSR count). The second-order valence-corrected chi connectivity index (χ2v) is 5.55. The van der Waals surface area contributed by atoms with Crippen molar-refractivity contribution in [2.24, 2.45) is 17.6 Å². The third-order valence-corrected chi connectivity index (χ3v) is 3.80. The topological polar surface area (TPSA) is 38.0 Å². The quantitative estimate of drug-likeness (QED) is 0.804. The van der Waals surface area contributed by atoms with E-state index in [-0.39, 0.29) is 0 Å². The molecule has 92 valence electrons. The largest absolute Gasteiger partial charge is 0.389 e. The van der Waals surface area contributed by atoms with Crippen molar-refractivity contribution in [1.82, 2.24) is 0 Å². The van der Waals surface area contributed by atoms with Crippen LogP contribution in [-0.4, -0.2) is 11.5 Å².